The fourth-order valence-corrected chi connectivity index (χ4v) is 1.19. The summed E-state index contributed by atoms with van der Waals surface area (Å²) in [5.74, 6) is -0.287. The summed E-state index contributed by atoms with van der Waals surface area (Å²) >= 11 is 5.40. The highest BCUT2D eigenvalue weighted by molar-refractivity contribution is 6.23. The average Bonchev–Trinajstić information content (AvgIpc) is 2.29. The molecule has 0 aliphatic heterocycles. The predicted molar refractivity (Wildman–Crippen MR) is 61.1 cm³/mol. The van der Waals surface area contributed by atoms with Gasteiger partial charge in [-0.15, -0.1) is 0 Å². The van der Waals surface area contributed by atoms with Crippen molar-refractivity contribution in [3.63, 3.8) is 0 Å². The van der Waals surface area contributed by atoms with E-state index < -0.39 is 0 Å². The lowest BCUT2D eigenvalue weighted by molar-refractivity contribution is 0.0500. The van der Waals surface area contributed by atoms with Crippen molar-refractivity contribution in [2.24, 2.45) is 0 Å². The lowest BCUT2D eigenvalue weighted by Gasteiger charge is -2.04. The Labute approximate surface area is 94.5 Å². The van der Waals surface area contributed by atoms with E-state index in [0.717, 1.165) is 18.5 Å². The molecule has 1 aromatic rings. The number of hydrogen-bond acceptors (Lipinski definition) is 3. The second-order valence-electron chi connectivity index (χ2n) is 3.16. The number of carbonyl (C=O) groups excluding carboxylic acids is 1. The van der Waals surface area contributed by atoms with Crippen LogP contribution in [0.5, 0.6) is 0 Å². The van der Waals surface area contributed by atoms with Crippen LogP contribution in [-0.2, 0) is 4.74 Å². The number of carbonyl (C=O) groups is 1. The summed E-state index contributed by atoms with van der Waals surface area (Å²) in [6.07, 6.45) is 1.91. The van der Waals surface area contributed by atoms with Crippen molar-refractivity contribution in [2.45, 2.75) is 19.8 Å². The summed E-state index contributed by atoms with van der Waals surface area (Å²) in [7, 11) is 0. The Morgan fingerprint density at radius 1 is 1.40 bits per heavy atom. The summed E-state index contributed by atoms with van der Waals surface area (Å²) < 4.78 is 5.05. The van der Waals surface area contributed by atoms with Crippen molar-refractivity contribution in [1.29, 1.82) is 0 Å². The number of ether oxygens (including phenoxy) is 1. The van der Waals surface area contributed by atoms with E-state index in [1.54, 1.807) is 24.3 Å². The molecule has 0 aromatic heterocycles. The maximum absolute atomic E-state index is 11.4. The summed E-state index contributed by atoms with van der Waals surface area (Å²) in [5, 5.41) is 0. The van der Waals surface area contributed by atoms with Crippen molar-refractivity contribution >= 4 is 23.4 Å². The fourth-order valence-electron chi connectivity index (χ4n) is 1.06. The van der Waals surface area contributed by atoms with Gasteiger partial charge in [-0.2, -0.15) is 0 Å². The second kappa shape index (κ2) is 6.30. The van der Waals surface area contributed by atoms with Crippen molar-refractivity contribution in [1.82, 2.24) is 0 Å². The zero-order valence-electron chi connectivity index (χ0n) is 8.63. The maximum atomic E-state index is 11.4. The average molecular weight is 228 g/mol. The van der Waals surface area contributed by atoms with E-state index in [2.05, 4.69) is 11.8 Å². The van der Waals surface area contributed by atoms with E-state index in [-0.39, 0.29) is 5.97 Å². The van der Waals surface area contributed by atoms with E-state index in [1.165, 1.54) is 0 Å². The van der Waals surface area contributed by atoms with Gasteiger partial charge in [0.05, 0.1) is 12.2 Å². The molecule has 1 rings (SSSR count). The Bertz CT molecular complexity index is 311. The first-order valence-electron chi connectivity index (χ1n) is 4.91. The Morgan fingerprint density at radius 3 is 2.60 bits per heavy atom. The smallest absolute Gasteiger partial charge is 0.338 e. The minimum atomic E-state index is -0.287. The SMILES string of the molecule is CCCCOC(=O)c1ccc(NCl)cc1. The van der Waals surface area contributed by atoms with E-state index >= 15 is 0 Å². The molecular weight excluding hydrogens is 214 g/mol. The Kier molecular flexibility index (Phi) is 4.98. The molecular formula is C11H14ClNO2. The molecule has 4 heteroatoms. The van der Waals surface area contributed by atoms with Crippen molar-refractivity contribution in [2.75, 3.05) is 11.4 Å². The van der Waals surface area contributed by atoms with Crippen LogP contribution in [0.1, 0.15) is 30.1 Å². The first-order chi connectivity index (χ1) is 7.27. The molecule has 15 heavy (non-hydrogen) atoms. The minimum absolute atomic E-state index is 0.287. The molecule has 3 nitrogen and oxygen atoms in total. The van der Waals surface area contributed by atoms with Gasteiger partial charge < -0.3 is 4.74 Å². The number of esters is 1. The van der Waals surface area contributed by atoms with Crippen molar-refractivity contribution in [3.05, 3.63) is 29.8 Å². The number of anilines is 1. The molecule has 1 N–H and O–H groups in total. The van der Waals surface area contributed by atoms with Crippen LogP contribution in [0.25, 0.3) is 0 Å². The Morgan fingerprint density at radius 2 is 2.07 bits per heavy atom. The van der Waals surface area contributed by atoms with Gasteiger partial charge in [-0.3, -0.25) is 4.84 Å². The zero-order valence-corrected chi connectivity index (χ0v) is 9.38. The van der Waals surface area contributed by atoms with Gasteiger partial charge in [0.2, 0.25) is 0 Å². The van der Waals surface area contributed by atoms with Crippen LogP contribution in [0.4, 0.5) is 5.69 Å². The number of rotatable bonds is 5. The van der Waals surface area contributed by atoms with Gasteiger partial charge in [0.1, 0.15) is 0 Å². The molecule has 0 bridgehead atoms. The Hall–Kier alpha value is -1.22. The summed E-state index contributed by atoms with van der Waals surface area (Å²) in [6, 6.07) is 6.81. The van der Waals surface area contributed by atoms with Crippen molar-refractivity contribution < 1.29 is 9.53 Å². The molecule has 0 amide bonds. The molecule has 1 aromatic carbocycles. The highest BCUT2D eigenvalue weighted by Gasteiger charge is 2.05. The number of halogens is 1. The molecule has 0 fully saturated rings. The topological polar surface area (TPSA) is 38.3 Å². The zero-order chi connectivity index (χ0) is 11.1. The number of unbranched alkanes of at least 4 members (excludes halogenated alkanes) is 1. The molecule has 0 unspecified atom stereocenters. The third-order valence-electron chi connectivity index (χ3n) is 1.96. The lowest BCUT2D eigenvalue weighted by Crippen LogP contribution is -2.06. The molecule has 82 valence electrons. The van der Waals surface area contributed by atoms with Gasteiger partial charge in [0, 0.05) is 17.5 Å². The maximum Gasteiger partial charge on any atom is 0.338 e. The molecule has 0 aliphatic rings. The first-order valence-corrected chi connectivity index (χ1v) is 5.29. The quantitative estimate of drug-likeness (QED) is 0.477. The van der Waals surface area contributed by atoms with E-state index in [0.29, 0.717) is 12.2 Å². The lowest BCUT2D eigenvalue weighted by atomic mass is 10.2. The molecule has 0 radical (unpaired) electrons. The molecule has 0 saturated heterocycles. The van der Waals surface area contributed by atoms with Gasteiger partial charge in [0.15, 0.2) is 0 Å². The number of hydrogen-bond donors (Lipinski definition) is 1. The molecule has 0 heterocycles. The van der Waals surface area contributed by atoms with Crippen LogP contribution < -0.4 is 4.84 Å². The normalized spacial score (nSPS) is 9.73. The number of nitrogens with one attached hydrogen (secondary N) is 1. The molecule has 0 atom stereocenters. The third kappa shape index (κ3) is 3.80. The number of benzene rings is 1. The van der Waals surface area contributed by atoms with Crippen LogP contribution in [0, 0.1) is 0 Å². The Balaban J connectivity index is 2.50. The minimum Gasteiger partial charge on any atom is -0.462 e. The summed E-state index contributed by atoms with van der Waals surface area (Å²) in [6.45, 7) is 2.53. The molecule has 0 spiro atoms. The van der Waals surface area contributed by atoms with Crippen LogP contribution in [0.15, 0.2) is 24.3 Å². The molecule has 0 aliphatic carbocycles. The van der Waals surface area contributed by atoms with E-state index in [9.17, 15) is 4.79 Å². The summed E-state index contributed by atoms with van der Waals surface area (Å²) in [5.41, 5.74) is 1.29. The monoisotopic (exact) mass is 227 g/mol. The van der Waals surface area contributed by atoms with Crippen LogP contribution in [0.3, 0.4) is 0 Å². The predicted octanol–water partition coefficient (Wildman–Crippen LogP) is 3.21. The third-order valence-corrected chi connectivity index (χ3v) is 2.18. The van der Waals surface area contributed by atoms with Crippen LogP contribution >= 0.6 is 11.8 Å². The second-order valence-corrected chi connectivity index (χ2v) is 3.35. The van der Waals surface area contributed by atoms with Gasteiger partial charge in [-0.1, -0.05) is 13.3 Å². The van der Waals surface area contributed by atoms with Crippen molar-refractivity contribution in [3.8, 4) is 0 Å². The van der Waals surface area contributed by atoms with E-state index in [4.69, 9.17) is 16.5 Å². The highest BCUT2D eigenvalue weighted by atomic mass is 35.5. The van der Waals surface area contributed by atoms with Gasteiger partial charge in [0.25, 0.3) is 0 Å². The largest absolute Gasteiger partial charge is 0.462 e. The molecule has 0 saturated carbocycles. The highest BCUT2D eigenvalue weighted by Crippen LogP contribution is 2.11. The first kappa shape index (κ1) is 11.9. The van der Waals surface area contributed by atoms with Crippen LogP contribution in [-0.4, -0.2) is 12.6 Å². The van der Waals surface area contributed by atoms with Crippen LogP contribution in [0.2, 0.25) is 0 Å². The summed E-state index contributed by atoms with van der Waals surface area (Å²) in [4.78, 5) is 13.9. The van der Waals surface area contributed by atoms with Gasteiger partial charge in [-0.25, -0.2) is 4.79 Å². The fraction of sp³-hybridized carbons (Fsp3) is 0.364. The van der Waals surface area contributed by atoms with E-state index in [1.807, 2.05) is 0 Å². The van der Waals surface area contributed by atoms with Gasteiger partial charge in [-0.05, 0) is 30.7 Å². The standard InChI is InChI=1S/C11H14ClNO2/c1-2-3-8-15-11(14)9-4-6-10(13-12)7-5-9/h4-7,13H,2-3,8H2,1H3. The van der Waals surface area contributed by atoms with Gasteiger partial charge >= 0.3 is 5.97 Å².